The van der Waals surface area contributed by atoms with Gasteiger partial charge in [0.2, 0.25) is 0 Å². The van der Waals surface area contributed by atoms with Crippen LogP contribution in [-0.2, 0) is 4.79 Å². The molecule has 72 valence electrons. The average molecular weight is 182 g/mol. The van der Waals surface area contributed by atoms with Crippen LogP contribution in [-0.4, -0.2) is 35.1 Å². The summed E-state index contributed by atoms with van der Waals surface area (Å²) < 4.78 is 0. The molecular formula is C9H14N2O2. The van der Waals surface area contributed by atoms with Crippen molar-refractivity contribution in [3.63, 3.8) is 0 Å². The van der Waals surface area contributed by atoms with Gasteiger partial charge < -0.3 is 5.11 Å². The molecule has 2 atom stereocenters. The number of nitrogens with zero attached hydrogens (tertiary/aromatic N) is 2. The summed E-state index contributed by atoms with van der Waals surface area (Å²) in [5.41, 5.74) is 0. The van der Waals surface area contributed by atoms with Crippen molar-refractivity contribution < 1.29 is 9.90 Å². The van der Waals surface area contributed by atoms with Gasteiger partial charge in [-0.3, -0.25) is 9.69 Å². The normalized spacial score (nSPS) is 29.5. The Morgan fingerprint density at radius 2 is 2.46 bits per heavy atom. The molecule has 1 N–H and O–H groups in total. The zero-order valence-electron chi connectivity index (χ0n) is 7.73. The predicted molar refractivity (Wildman–Crippen MR) is 47.0 cm³/mol. The van der Waals surface area contributed by atoms with Crippen LogP contribution in [0.4, 0.5) is 0 Å². The largest absolute Gasteiger partial charge is 0.480 e. The van der Waals surface area contributed by atoms with Crippen molar-refractivity contribution in [1.29, 1.82) is 5.26 Å². The summed E-state index contributed by atoms with van der Waals surface area (Å²) >= 11 is 0. The summed E-state index contributed by atoms with van der Waals surface area (Å²) in [4.78, 5) is 12.6. The van der Waals surface area contributed by atoms with Gasteiger partial charge in [-0.1, -0.05) is 6.92 Å². The fourth-order valence-electron chi connectivity index (χ4n) is 1.94. The Labute approximate surface area is 77.8 Å². The van der Waals surface area contributed by atoms with E-state index in [1.807, 2.05) is 13.0 Å². The standard InChI is InChI=1S/C9H14N2O2/c1-7-3-2-5-11(6-4-10)8(7)9(12)13/h7-8H,2-3,5-6H2,1H3,(H,12,13). The van der Waals surface area contributed by atoms with E-state index in [4.69, 9.17) is 10.4 Å². The molecule has 13 heavy (non-hydrogen) atoms. The SMILES string of the molecule is CC1CCCN(CC#N)C1C(=O)O. The summed E-state index contributed by atoms with van der Waals surface area (Å²) in [5, 5.41) is 17.5. The highest BCUT2D eigenvalue weighted by atomic mass is 16.4. The molecule has 1 saturated heterocycles. The van der Waals surface area contributed by atoms with Gasteiger partial charge in [0.05, 0.1) is 12.6 Å². The molecule has 0 radical (unpaired) electrons. The predicted octanol–water partition coefficient (Wildman–Crippen LogP) is 0.695. The van der Waals surface area contributed by atoms with Gasteiger partial charge in [-0.15, -0.1) is 0 Å². The van der Waals surface area contributed by atoms with Crippen LogP contribution in [0.15, 0.2) is 0 Å². The second-order valence-corrected chi connectivity index (χ2v) is 3.53. The van der Waals surface area contributed by atoms with Crippen LogP contribution in [0.25, 0.3) is 0 Å². The van der Waals surface area contributed by atoms with Gasteiger partial charge in [0.1, 0.15) is 6.04 Å². The molecule has 0 spiro atoms. The number of likely N-dealkylation sites (tertiary alicyclic amines) is 1. The fourth-order valence-corrected chi connectivity index (χ4v) is 1.94. The van der Waals surface area contributed by atoms with Gasteiger partial charge in [0.25, 0.3) is 0 Å². The first-order chi connectivity index (χ1) is 6.16. The summed E-state index contributed by atoms with van der Waals surface area (Å²) in [5.74, 6) is -0.651. The lowest BCUT2D eigenvalue weighted by Crippen LogP contribution is -2.49. The monoisotopic (exact) mass is 182 g/mol. The first kappa shape index (κ1) is 10.0. The van der Waals surface area contributed by atoms with Gasteiger partial charge in [0, 0.05) is 6.54 Å². The topological polar surface area (TPSA) is 64.3 Å². The van der Waals surface area contributed by atoms with Crippen molar-refractivity contribution in [3.05, 3.63) is 0 Å². The number of rotatable bonds is 2. The number of hydrogen-bond acceptors (Lipinski definition) is 3. The summed E-state index contributed by atoms with van der Waals surface area (Å²) in [6.45, 7) is 2.89. The lowest BCUT2D eigenvalue weighted by molar-refractivity contribution is -0.146. The van der Waals surface area contributed by atoms with Gasteiger partial charge >= 0.3 is 5.97 Å². The molecule has 1 aliphatic heterocycles. The average Bonchev–Trinajstić information content (AvgIpc) is 2.04. The van der Waals surface area contributed by atoms with E-state index in [2.05, 4.69) is 0 Å². The highest BCUT2D eigenvalue weighted by Crippen LogP contribution is 2.22. The third kappa shape index (κ3) is 2.19. The zero-order chi connectivity index (χ0) is 9.84. The molecule has 0 saturated carbocycles. The van der Waals surface area contributed by atoms with Gasteiger partial charge in [0.15, 0.2) is 0 Å². The minimum atomic E-state index is -0.803. The van der Waals surface area contributed by atoms with Crippen LogP contribution >= 0.6 is 0 Å². The van der Waals surface area contributed by atoms with E-state index in [1.165, 1.54) is 0 Å². The van der Waals surface area contributed by atoms with Gasteiger partial charge in [-0.25, -0.2) is 0 Å². The maximum Gasteiger partial charge on any atom is 0.321 e. The van der Waals surface area contributed by atoms with Crippen LogP contribution < -0.4 is 0 Å². The Morgan fingerprint density at radius 3 is 3.00 bits per heavy atom. The molecule has 0 aromatic rings. The third-order valence-electron chi connectivity index (χ3n) is 2.56. The maximum atomic E-state index is 10.9. The van der Waals surface area contributed by atoms with Gasteiger partial charge in [-0.05, 0) is 18.8 Å². The number of aliphatic carboxylic acids is 1. The Morgan fingerprint density at radius 1 is 1.77 bits per heavy atom. The quantitative estimate of drug-likeness (QED) is 0.638. The Bertz CT molecular complexity index is 234. The maximum absolute atomic E-state index is 10.9. The van der Waals surface area contributed by atoms with Crippen LogP contribution in [0, 0.1) is 17.2 Å². The molecule has 0 aromatic carbocycles. The molecule has 4 nitrogen and oxygen atoms in total. The molecule has 0 aromatic heterocycles. The van der Waals surface area contributed by atoms with E-state index in [0.717, 1.165) is 19.4 Å². The summed E-state index contributed by atoms with van der Waals surface area (Å²) in [6, 6.07) is 1.54. The molecule has 2 unspecified atom stereocenters. The van der Waals surface area contributed by atoms with E-state index in [-0.39, 0.29) is 12.5 Å². The van der Waals surface area contributed by atoms with Crippen LogP contribution in [0.3, 0.4) is 0 Å². The molecule has 0 bridgehead atoms. The Balaban J connectivity index is 2.69. The van der Waals surface area contributed by atoms with Crippen molar-refractivity contribution >= 4 is 5.97 Å². The highest BCUT2D eigenvalue weighted by molar-refractivity contribution is 5.74. The van der Waals surface area contributed by atoms with Gasteiger partial charge in [-0.2, -0.15) is 5.26 Å². The Hall–Kier alpha value is -1.08. The minimum absolute atomic E-state index is 0.152. The molecule has 1 aliphatic rings. The number of carboxylic acids is 1. The molecular weight excluding hydrogens is 168 g/mol. The third-order valence-corrected chi connectivity index (χ3v) is 2.56. The summed E-state index contributed by atoms with van der Waals surface area (Å²) in [6.07, 6.45) is 1.94. The first-order valence-electron chi connectivity index (χ1n) is 4.50. The number of carbonyl (C=O) groups is 1. The number of carboxylic acid groups (broad SMARTS) is 1. The lowest BCUT2D eigenvalue weighted by atomic mass is 9.91. The van der Waals surface area contributed by atoms with Crippen molar-refractivity contribution in [1.82, 2.24) is 4.90 Å². The van der Waals surface area contributed by atoms with Crippen LogP contribution in [0.2, 0.25) is 0 Å². The van der Waals surface area contributed by atoms with Crippen molar-refractivity contribution in [2.24, 2.45) is 5.92 Å². The van der Waals surface area contributed by atoms with Crippen LogP contribution in [0.5, 0.6) is 0 Å². The second-order valence-electron chi connectivity index (χ2n) is 3.53. The number of piperidine rings is 1. The molecule has 1 heterocycles. The zero-order valence-corrected chi connectivity index (χ0v) is 7.73. The number of nitriles is 1. The highest BCUT2D eigenvalue weighted by Gasteiger charge is 2.33. The van der Waals surface area contributed by atoms with Crippen molar-refractivity contribution in [2.45, 2.75) is 25.8 Å². The molecule has 0 amide bonds. The second kappa shape index (κ2) is 4.24. The van der Waals surface area contributed by atoms with E-state index >= 15 is 0 Å². The van der Waals surface area contributed by atoms with E-state index < -0.39 is 12.0 Å². The Kier molecular flexibility index (Phi) is 3.26. The lowest BCUT2D eigenvalue weighted by Gasteiger charge is -2.35. The molecule has 4 heteroatoms. The molecule has 0 aliphatic carbocycles. The van der Waals surface area contributed by atoms with E-state index in [0.29, 0.717) is 0 Å². The first-order valence-corrected chi connectivity index (χ1v) is 4.50. The number of hydrogen-bond donors (Lipinski definition) is 1. The van der Waals surface area contributed by atoms with Crippen LogP contribution in [0.1, 0.15) is 19.8 Å². The molecule has 1 rings (SSSR count). The summed E-state index contributed by atoms with van der Waals surface area (Å²) in [7, 11) is 0. The fraction of sp³-hybridized carbons (Fsp3) is 0.778. The molecule has 1 fully saturated rings. The van der Waals surface area contributed by atoms with Crippen molar-refractivity contribution in [2.75, 3.05) is 13.1 Å². The smallest absolute Gasteiger partial charge is 0.321 e. The van der Waals surface area contributed by atoms with Crippen molar-refractivity contribution in [3.8, 4) is 6.07 Å². The van der Waals surface area contributed by atoms with E-state index in [1.54, 1.807) is 4.90 Å². The minimum Gasteiger partial charge on any atom is -0.480 e. The van der Waals surface area contributed by atoms with E-state index in [9.17, 15) is 4.79 Å².